The molecule has 0 heterocycles. The van der Waals surface area contributed by atoms with Gasteiger partial charge in [-0.25, -0.2) is 0 Å². The van der Waals surface area contributed by atoms with Crippen molar-refractivity contribution in [1.29, 1.82) is 0 Å². The van der Waals surface area contributed by atoms with Gasteiger partial charge in [0.15, 0.2) is 0 Å². The molecule has 98 valence electrons. The molecule has 0 aromatic carbocycles. The number of hydrogen-bond acceptors (Lipinski definition) is 3. The van der Waals surface area contributed by atoms with E-state index in [2.05, 4.69) is 58.7 Å². The van der Waals surface area contributed by atoms with E-state index in [1.54, 1.807) is 0 Å². The summed E-state index contributed by atoms with van der Waals surface area (Å²) in [5.74, 6) is 0. The van der Waals surface area contributed by atoms with Crippen LogP contribution in [-0.2, 0) is 0 Å². The summed E-state index contributed by atoms with van der Waals surface area (Å²) in [6.07, 6.45) is 2.54. The lowest BCUT2D eigenvalue weighted by Crippen LogP contribution is -2.41. The quantitative estimate of drug-likeness (QED) is 0.482. The zero-order valence-corrected chi connectivity index (χ0v) is 13.5. The van der Waals surface area contributed by atoms with Gasteiger partial charge in [0.2, 0.25) is 0 Å². The standard InChI is InChI=1S/C12H28IN3/c1-5-12(6-9-15(3)4)16(10-7-13)11-8-14-2/h12,14H,5-11H2,1-4H3. The van der Waals surface area contributed by atoms with Crippen molar-refractivity contribution >= 4 is 22.6 Å². The summed E-state index contributed by atoms with van der Waals surface area (Å²) in [6, 6.07) is 0.741. The first-order chi connectivity index (χ1) is 7.65. The van der Waals surface area contributed by atoms with Gasteiger partial charge in [-0.15, -0.1) is 0 Å². The molecule has 0 radical (unpaired) electrons. The third-order valence-electron chi connectivity index (χ3n) is 2.92. The second kappa shape index (κ2) is 10.7. The summed E-state index contributed by atoms with van der Waals surface area (Å²) in [4.78, 5) is 4.91. The molecule has 1 atom stereocenters. The van der Waals surface area contributed by atoms with Gasteiger partial charge in [0.1, 0.15) is 0 Å². The summed E-state index contributed by atoms with van der Waals surface area (Å²) >= 11 is 2.47. The van der Waals surface area contributed by atoms with Gasteiger partial charge in [-0.3, -0.25) is 4.90 Å². The van der Waals surface area contributed by atoms with Gasteiger partial charge in [0.25, 0.3) is 0 Å². The maximum Gasteiger partial charge on any atom is 0.0123 e. The van der Waals surface area contributed by atoms with Gasteiger partial charge in [-0.2, -0.15) is 0 Å². The predicted octanol–water partition coefficient (Wildman–Crippen LogP) is 1.67. The maximum atomic E-state index is 3.25. The third kappa shape index (κ3) is 7.81. The largest absolute Gasteiger partial charge is 0.318 e. The maximum absolute atomic E-state index is 3.25. The molecule has 0 bridgehead atoms. The zero-order valence-electron chi connectivity index (χ0n) is 11.3. The first kappa shape index (κ1) is 16.6. The summed E-state index contributed by atoms with van der Waals surface area (Å²) in [7, 11) is 6.34. The molecule has 0 aliphatic rings. The van der Waals surface area contributed by atoms with Crippen LogP contribution in [-0.4, -0.2) is 67.6 Å². The Morgan fingerprint density at radius 3 is 2.31 bits per heavy atom. The lowest BCUT2D eigenvalue weighted by molar-refractivity contribution is 0.182. The van der Waals surface area contributed by atoms with Gasteiger partial charge >= 0.3 is 0 Å². The molecule has 0 saturated heterocycles. The zero-order chi connectivity index (χ0) is 12.4. The van der Waals surface area contributed by atoms with Crippen LogP contribution in [0.1, 0.15) is 19.8 Å². The Bertz CT molecular complexity index is 153. The lowest BCUT2D eigenvalue weighted by Gasteiger charge is -2.31. The lowest BCUT2D eigenvalue weighted by atomic mass is 10.1. The van der Waals surface area contributed by atoms with Crippen LogP contribution in [0.5, 0.6) is 0 Å². The molecule has 0 amide bonds. The van der Waals surface area contributed by atoms with Crippen LogP contribution in [0.15, 0.2) is 0 Å². The van der Waals surface area contributed by atoms with E-state index in [-0.39, 0.29) is 0 Å². The molecular formula is C12H28IN3. The Kier molecular flexibility index (Phi) is 11.2. The number of nitrogens with one attached hydrogen (secondary N) is 1. The van der Waals surface area contributed by atoms with Crippen LogP contribution in [0.3, 0.4) is 0 Å². The van der Waals surface area contributed by atoms with Crippen LogP contribution >= 0.6 is 22.6 Å². The van der Waals surface area contributed by atoms with Crippen LogP contribution in [0.25, 0.3) is 0 Å². The fourth-order valence-corrected chi connectivity index (χ4v) is 2.51. The average Bonchev–Trinajstić information content (AvgIpc) is 2.26. The Hall–Kier alpha value is 0.610. The third-order valence-corrected chi connectivity index (χ3v) is 3.40. The SMILES string of the molecule is CCC(CCN(C)C)N(CCI)CCNC. The van der Waals surface area contributed by atoms with Gasteiger partial charge in [-0.05, 0) is 40.5 Å². The normalized spacial score (nSPS) is 13.7. The number of hydrogen-bond donors (Lipinski definition) is 1. The van der Waals surface area contributed by atoms with E-state index < -0.39 is 0 Å². The fourth-order valence-electron chi connectivity index (χ4n) is 1.89. The van der Waals surface area contributed by atoms with Gasteiger partial charge in [0.05, 0.1) is 0 Å². The van der Waals surface area contributed by atoms with Crippen molar-refractivity contribution in [3.8, 4) is 0 Å². The number of nitrogens with zero attached hydrogens (tertiary/aromatic N) is 2. The van der Waals surface area contributed by atoms with E-state index in [9.17, 15) is 0 Å². The minimum Gasteiger partial charge on any atom is -0.318 e. The van der Waals surface area contributed by atoms with E-state index in [1.807, 2.05) is 7.05 Å². The molecule has 3 nitrogen and oxygen atoms in total. The van der Waals surface area contributed by atoms with Gasteiger partial charge in [0, 0.05) is 30.1 Å². The summed E-state index contributed by atoms with van der Waals surface area (Å²) < 4.78 is 1.22. The summed E-state index contributed by atoms with van der Waals surface area (Å²) in [5.41, 5.74) is 0. The Morgan fingerprint density at radius 2 is 1.88 bits per heavy atom. The van der Waals surface area contributed by atoms with Crippen molar-refractivity contribution in [2.45, 2.75) is 25.8 Å². The second-order valence-electron chi connectivity index (χ2n) is 4.48. The van der Waals surface area contributed by atoms with Crippen molar-refractivity contribution in [1.82, 2.24) is 15.1 Å². The van der Waals surface area contributed by atoms with Gasteiger partial charge in [-0.1, -0.05) is 29.5 Å². The van der Waals surface area contributed by atoms with E-state index in [4.69, 9.17) is 0 Å². The molecule has 16 heavy (non-hydrogen) atoms. The molecule has 1 unspecified atom stereocenters. The van der Waals surface area contributed by atoms with E-state index >= 15 is 0 Å². The van der Waals surface area contributed by atoms with Crippen LogP contribution in [0.2, 0.25) is 0 Å². The topological polar surface area (TPSA) is 18.5 Å². The van der Waals surface area contributed by atoms with E-state index in [0.29, 0.717) is 0 Å². The first-order valence-electron chi connectivity index (χ1n) is 6.25. The van der Waals surface area contributed by atoms with Crippen LogP contribution < -0.4 is 5.32 Å². The molecule has 0 aromatic heterocycles. The Balaban J connectivity index is 4.09. The predicted molar refractivity (Wildman–Crippen MR) is 81.6 cm³/mol. The van der Waals surface area contributed by atoms with Crippen molar-refractivity contribution in [2.24, 2.45) is 0 Å². The number of alkyl halides is 1. The van der Waals surface area contributed by atoms with Crippen molar-refractivity contribution in [3.05, 3.63) is 0 Å². The molecule has 0 saturated carbocycles. The Morgan fingerprint density at radius 1 is 1.19 bits per heavy atom. The molecule has 0 aliphatic heterocycles. The molecular weight excluding hydrogens is 313 g/mol. The monoisotopic (exact) mass is 341 g/mol. The minimum absolute atomic E-state index is 0.741. The van der Waals surface area contributed by atoms with Gasteiger partial charge < -0.3 is 10.2 Å². The highest BCUT2D eigenvalue weighted by Gasteiger charge is 2.15. The molecule has 0 aromatic rings. The van der Waals surface area contributed by atoms with E-state index in [0.717, 1.165) is 12.6 Å². The molecule has 0 spiro atoms. The highest BCUT2D eigenvalue weighted by atomic mass is 127. The molecule has 0 aliphatic carbocycles. The number of rotatable bonds is 10. The molecule has 1 N–H and O–H groups in total. The Labute approximate surface area is 115 Å². The van der Waals surface area contributed by atoms with Crippen molar-refractivity contribution in [2.75, 3.05) is 51.7 Å². The van der Waals surface area contributed by atoms with Crippen LogP contribution in [0, 0.1) is 0 Å². The summed E-state index contributed by atoms with van der Waals surface area (Å²) in [6.45, 7) is 6.98. The molecule has 0 rings (SSSR count). The van der Waals surface area contributed by atoms with Crippen molar-refractivity contribution in [3.63, 3.8) is 0 Å². The summed E-state index contributed by atoms with van der Waals surface area (Å²) in [5, 5.41) is 3.25. The number of halogens is 1. The first-order valence-corrected chi connectivity index (χ1v) is 7.77. The average molecular weight is 341 g/mol. The second-order valence-corrected chi connectivity index (χ2v) is 5.56. The molecule has 4 heteroatoms. The fraction of sp³-hybridized carbons (Fsp3) is 1.00. The van der Waals surface area contributed by atoms with E-state index in [1.165, 1.54) is 36.9 Å². The highest BCUT2D eigenvalue weighted by molar-refractivity contribution is 14.1. The molecule has 0 fully saturated rings. The number of likely N-dealkylation sites (N-methyl/N-ethyl adjacent to an activating group) is 1. The smallest absolute Gasteiger partial charge is 0.0123 e. The minimum atomic E-state index is 0.741. The highest BCUT2D eigenvalue weighted by Crippen LogP contribution is 2.09. The van der Waals surface area contributed by atoms with Crippen molar-refractivity contribution < 1.29 is 0 Å². The van der Waals surface area contributed by atoms with Crippen LogP contribution in [0.4, 0.5) is 0 Å².